The summed E-state index contributed by atoms with van der Waals surface area (Å²) in [7, 11) is 4.89. The molecule has 0 spiro atoms. The van der Waals surface area contributed by atoms with E-state index in [0.29, 0.717) is 17.4 Å². The number of benzene rings is 1. The summed E-state index contributed by atoms with van der Waals surface area (Å²) in [5, 5.41) is 9.28. The van der Waals surface area contributed by atoms with Crippen LogP contribution in [0.25, 0.3) is 0 Å². The molecule has 0 heterocycles. The maximum Gasteiger partial charge on any atom is 0.203 e. The van der Waals surface area contributed by atoms with Crippen LogP contribution < -0.4 is 14.2 Å². The van der Waals surface area contributed by atoms with Crippen LogP contribution in [0.5, 0.6) is 17.2 Å². The highest BCUT2D eigenvalue weighted by atomic mass is 16.5. The zero-order valence-corrected chi connectivity index (χ0v) is 11.2. The topological polar surface area (TPSA) is 47.9 Å². The van der Waals surface area contributed by atoms with Crippen molar-refractivity contribution < 1.29 is 19.3 Å². The Morgan fingerprint density at radius 3 is 2.44 bits per heavy atom. The van der Waals surface area contributed by atoms with Gasteiger partial charge >= 0.3 is 0 Å². The fourth-order valence-electron chi connectivity index (χ4n) is 2.64. The number of hydrogen-bond acceptors (Lipinski definition) is 4. The van der Waals surface area contributed by atoms with Crippen LogP contribution in [0.15, 0.2) is 6.07 Å². The second-order valence-electron chi connectivity index (χ2n) is 4.57. The molecule has 100 valence electrons. The Kier molecular flexibility index (Phi) is 3.97. The molecule has 4 heteroatoms. The van der Waals surface area contributed by atoms with E-state index in [9.17, 15) is 5.11 Å². The molecular formula is C14H20O4. The first-order valence-electron chi connectivity index (χ1n) is 6.16. The number of methoxy groups -OCH3 is 3. The fraction of sp³-hybridized carbons (Fsp3) is 0.571. The number of hydrogen-bond donors (Lipinski definition) is 1. The van der Waals surface area contributed by atoms with Crippen LogP contribution in [-0.2, 0) is 12.8 Å². The van der Waals surface area contributed by atoms with Gasteiger partial charge in [0.25, 0.3) is 0 Å². The molecule has 18 heavy (non-hydrogen) atoms. The number of ether oxygens (including phenoxy) is 3. The third kappa shape index (κ3) is 2.12. The molecule has 0 bridgehead atoms. The molecule has 0 saturated heterocycles. The van der Waals surface area contributed by atoms with E-state index in [2.05, 4.69) is 0 Å². The molecule has 4 nitrogen and oxygen atoms in total. The maximum absolute atomic E-state index is 9.28. The van der Waals surface area contributed by atoms with Crippen molar-refractivity contribution in [2.24, 2.45) is 5.92 Å². The highest BCUT2D eigenvalue weighted by Gasteiger charge is 2.26. The Balaban J connectivity index is 2.50. The van der Waals surface area contributed by atoms with E-state index in [1.807, 2.05) is 6.07 Å². The van der Waals surface area contributed by atoms with E-state index in [4.69, 9.17) is 14.2 Å². The zero-order chi connectivity index (χ0) is 13.1. The third-order valence-electron chi connectivity index (χ3n) is 3.59. The van der Waals surface area contributed by atoms with Crippen LogP contribution in [0.4, 0.5) is 0 Å². The van der Waals surface area contributed by atoms with Crippen LogP contribution in [0.1, 0.15) is 17.5 Å². The lowest BCUT2D eigenvalue weighted by molar-refractivity contribution is 0.212. The molecule has 1 aromatic rings. The minimum Gasteiger partial charge on any atom is -0.493 e. The van der Waals surface area contributed by atoms with Gasteiger partial charge in [0.15, 0.2) is 11.5 Å². The summed E-state index contributed by atoms with van der Waals surface area (Å²) >= 11 is 0. The van der Waals surface area contributed by atoms with E-state index in [-0.39, 0.29) is 6.61 Å². The van der Waals surface area contributed by atoms with Gasteiger partial charge in [-0.1, -0.05) is 0 Å². The summed E-state index contributed by atoms with van der Waals surface area (Å²) in [5.74, 6) is 2.44. The van der Waals surface area contributed by atoms with Crippen molar-refractivity contribution >= 4 is 0 Å². The van der Waals surface area contributed by atoms with Gasteiger partial charge in [0.1, 0.15) is 0 Å². The monoisotopic (exact) mass is 252 g/mol. The Bertz CT molecular complexity index is 428. The van der Waals surface area contributed by atoms with Crippen molar-refractivity contribution in [2.75, 3.05) is 27.9 Å². The van der Waals surface area contributed by atoms with E-state index in [0.717, 1.165) is 25.0 Å². The van der Waals surface area contributed by atoms with Gasteiger partial charge < -0.3 is 19.3 Å². The van der Waals surface area contributed by atoms with Crippen molar-refractivity contribution in [2.45, 2.75) is 19.3 Å². The van der Waals surface area contributed by atoms with Crippen LogP contribution in [0, 0.1) is 5.92 Å². The van der Waals surface area contributed by atoms with Gasteiger partial charge in [-0.2, -0.15) is 0 Å². The first kappa shape index (κ1) is 13.0. The predicted octanol–water partition coefficient (Wildman–Crippen LogP) is 1.81. The minimum atomic E-state index is 0.232. The summed E-state index contributed by atoms with van der Waals surface area (Å²) in [5.41, 5.74) is 2.37. The van der Waals surface area contributed by atoms with E-state index in [1.54, 1.807) is 21.3 Å². The van der Waals surface area contributed by atoms with E-state index < -0.39 is 0 Å². The standard InChI is InChI=1S/C14H20O4/c1-16-12-7-10-6-9(8-15)4-5-11(10)13(17-2)14(12)18-3/h7,9,15H,4-6,8H2,1-3H3. The molecule has 0 amide bonds. The Morgan fingerprint density at radius 1 is 1.17 bits per heavy atom. The van der Waals surface area contributed by atoms with Gasteiger partial charge in [-0.15, -0.1) is 0 Å². The second-order valence-corrected chi connectivity index (χ2v) is 4.57. The fourth-order valence-corrected chi connectivity index (χ4v) is 2.64. The molecule has 1 unspecified atom stereocenters. The minimum absolute atomic E-state index is 0.232. The molecule has 1 N–H and O–H groups in total. The molecule has 0 radical (unpaired) electrons. The van der Waals surface area contributed by atoms with E-state index >= 15 is 0 Å². The quantitative estimate of drug-likeness (QED) is 0.887. The molecule has 1 aromatic carbocycles. The lowest BCUT2D eigenvalue weighted by Crippen LogP contribution is -2.18. The number of fused-ring (bicyclic) bond motifs is 1. The van der Waals surface area contributed by atoms with Crippen molar-refractivity contribution in [1.29, 1.82) is 0 Å². The zero-order valence-electron chi connectivity index (χ0n) is 11.2. The first-order valence-corrected chi connectivity index (χ1v) is 6.16. The smallest absolute Gasteiger partial charge is 0.203 e. The van der Waals surface area contributed by atoms with Crippen molar-refractivity contribution in [3.8, 4) is 17.2 Å². The van der Waals surface area contributed by atoms with Gasteiger partial charge in [-0.25, -0.2) is 0 Å². The van der Waals surface area contributed by atoms with Crippen LogP contribution >= 0.6 is 0 Å². The number of aliphatic hydroxyl groups is 1. The first-order chi connectivity index (χ1) is 8.74. The Morgan fingerprint density at radius 2 is 1.89 bits per heavy atom. The van der Waals surface area contributed by atoms with Crippen molar-refractivity contribution in [1.82, 2.24) is 0 Å². The average Bonchev–Trinajstić information content (AvgIpc) is 2.44. The summed E-state index contributed by atoms with van der Waals surface area (Å²) in [6, 6.07) is 2.00. The van der Waals surface area contributed by atoms with Crippen LogP contribution in [0.2, 0.25) is 0 Å². The summed E-state index contributed by atoms with van der Waals surface area (Å²) in [4.78, 5) is 0. The van der Waals surface area contributed by atoms with Crippen LogP contribution in [-0.4, -0.2) is 33.0 Å². The third-order valence-corrected chi connectivity index (χ3v) is 3.59. The molecule has 1 aliphatic carbocycles. The lowest BCUT2D eigenvalue weighted by atomic mass is 9.83. The molecule has 0 fully saturated rings. The number of aliphatic hydroxyl groups excluding tert-OH is 1. The summed E-state index contributed by atoms with van der Waals surface area (Å²) in [6.07, 6.45) is 2.75. The predicted molar refractivity (Wildman–Crippen MR) is 68.7 cm³/mol. The van der Waals surface area contributed by atoms with Crippen LogP contribution in [0.3, 0.4) is 0 Å². The maximum atomic E-state index is 9.28. The Hall–Kier alpha value is -1.42. The SMILES string of the molecule is COc1cc2c(c(OC)c1OC)CCC(CO)C2. The number of rotatable bonds is 4. The molecular weight excluding hydrogens is 232 g/mol. The summed E-state index contributed by atoms with van der Waals surface area (Å²) < 4.78 is 16.2. The van der Waals surface area contributed by atoms with Gasteiger partial charge in [0, 0.05) is 12.2 Å². The Labute approximate surface area is 107 Å². The largest absolute Gasteiger partial charge is 0.493 e. The molecule has 1 atom stereocenters. The molecule has 0 saturated carbocycles. The van der Waals surface area contributed by atoms with Gasteiger partial charge in [-0.05, 0) is 36.8 Å². The van der Waals surface area contributed by atoms with Gasteiger partial charge in [-0.3, -0.25) is 0 Å². The molecule has 2 rings (SSSR count). The highest BCUT2D eigenvalue weighted by Crippen LogP contribution is 2.45. The second kappa shape index (κ2) is 5.48. The molecule has 0 aliphatic heterocycles. The van der Waals surface area contributed by atoms with E-state index in [1.165, 1.54) is 11.1 Å². The van der Waals surface area contributed by atoms with Crippen molar-refractivity contribution in [3.63, 3.8) is 0 Å². The normalized spacial score (nSPS) is 18.1. The average molecular weight is 252 g/mol. The van der Waals surface area contributed by atoms with Crippen molar-refractivity contribution in [3.05, 3.63) is 17.2 Å². The summed E-state index contributed by atoms with van der Waals surface area (Å²) in [6.45, 7) is 0.232. The van der Waals surface area contributed by atoms with Gasteiger partial charge in [0.05, 0.1) is 21.3 Å². The highest BCUT2D eigenvalue weighted by molar-refractivity contribution is 5.59. The molecule has 1 aliphatic rings. The van der Waals surface area contributed by atoms with Gasteiger partial charge in [0.2, 0.25) is 5.75 Å². The lowest BCUT2D eigenvalue weighted by Gasteiger charge is -2.26. The molecule has 0 aromatic heterocycles.